The van der Waals surface area contributed by atoms with Gasteiger partial charge in [0, 0.05) is 29.8 Å². The van der Waals surface area contributed by atoms with Crippen molar-refractivity contribution in [3.05, 3.63) is 48.4 Å². The maximum absolute atomic E-state index is 5.45. The van der Waals surface area contributed by atoms with Gasteiger partial charge in [-0.3, -0.25) is 4.98 Å². The van der Waals surface area contributed by atoms with Gasteiger partial charge in [0.15, 0.2) is 0 Å². The van der Waals surface area contributed by atoms with Crippen LogP contribution in [0.15, 0.2) is 41.3 Å². The second-order valence-corrected chi connectivity index (χ2v) is 5.58. The smallest absolute Gasteiger partial charge is 0.249 e. The second-order valence-electron chi connectivity index (χ2n) is 5.58. The molecule has 118 valence electrons. The van der Waals surface area contributed by atoms with Crippen molar-refractivity contribution in [3.63, 3.8) is 0 Å². The summed E-state index contributed by atoms with van der Waals surface area (Å²) < 4.78 is 5.45. The lowest BCUT2D eigenvalue weighted by atomic mass is 10.0. The highest BCUT2D eigenvalue weighted by Crippen LogP contribution is 2.26. The lowest BCUT2D eigenvalue weighted by Gasteiger charge is -2.18. The number of rotatable bonds is 5. The van der Waals surface area contributed by atoms with Gasteiger partial charge < -0.3 is 9.84 Å². The quantitative estimate of drug-likeness (QED) is 0.774. The highest BCUT2D eigenvalue weighted by molar-refractivity contribution is 5.52. The summed E-state index contributed by atoms with van der Waals surface area (Å²) in [6.45, 7) is 6.07. The van der Waals surface area contributed by atoms with Crippen molar-refractivity contribution in [2.24, 2.45) is 5.92 Å². The zero-order valence-corrected chi connectivity index (χ0v) is 13.3. The molecule has 0 aliphatic rings. The summed E-state index contributed by atoms with van der Waals surface area (Å²) in [6.07, 6.45) is 5.12. The van der Waals surface area contributed by atoms with Crippen LogP contribution in [0.5, 0.6) is 0 Å². The molecule has 1 N–H and O–H groups in total. The number of aromatic nitrogens is 5. The monoisotopic (exact) mass is 310 g/mol. The van der Waals surface area contributed by atoms with Crippen molar-refractivity contribution in [2.75, 3.05) is 5.32 Å². The summed E-state index contributed by atoms with van der Waals surface area (Å²) in [5.74, 6) is 1.83. The Morgan fingerprint density at radius 1 is 1.04 bits per heavy atom. The minimum Gasteiger partial charge on any atom is -0.342 e. The van der Waals surface area contributed by atoms with E-state index in [4.69, 9.17) is 4.52 Å². The molecule has 0 aliphatic heterocycles. The molecule has 1 atom stereocenters. The van der Waals surface area contributed by atoms with E-state index in [2.05, 4.69) is 44.3 Å². The minimum atomic E-state index is -0.167. The first kappa shape index (κ1) is 15.1. The van der Waals surface area contributed by atoms with E-state index >= 15 is 0 Å². The predicted octanol–water partition coefficient (Wildman–Crippen LogP) is 3.04. The van der Waals surface area contributed by atoms with Crippen molar-refractivity contribution in [3.8, 4) is 11.4 Å². The van der Waals surface area contributed by atoms with E-state index in [1.165, 1.54) is 0 Å². The van der Waals surface area contributed by atoms with Crippen LogP contribution in [0.1, 0.15) is 31.5 Å². The molecule has 7 nitrogen and oxygen atoms in total. The van der Waals surface area contributed by atoms with E-state index in [0.29, 0.717) is 17.7 Å². The van der Waals surface area contributed by atoms with Gasteiger partial charge in [0.05, 0.1) is 0 Å². The Balaban J connectivity index is 1.86. The highest BCUT2D eigenvalue weighted by Gasteiger charge is 2.23. The Bertz CT molecular complexity index is 771. The molecule has 3 aromatic rings. The topological polar surface area (TPSA) is 89.6 Å². The number of hydrogen-bond donors (Lipinski definition) is 1. The van der Waals surface area contributed by atoms with Gasteiger partial charge in [-0.15, -0.1) is 0 Å². The predicted molar refractivity (Wildman–Crippen MR) is 85.5 cm³/mol. The molecule has 0 bridgehead atoms. The zero-order valence-electron chi connectivity index (χ0n) is 13.3. The van der Waals surface area contributed by atoms with Gasteiger partial charge >= 0.3 is 0 Å². The number of pyridine rings is 1. The van der Waals surface area contributed by atoms with Crippen LogP contribution in [0.4, 0.5) is 5.95 Å². The molecule has 3 aromatic heterocycles. The van der Waals surface area contributed by atoms with E-state index < -0.39 is 0 Å². The summed E-state index contributed by atoms with van der Waals surface area (Å²) >= 11 is 0. The average molecular weight is 310 g/mol. The third kappa shape index (κ3) is 3.50. The molecule has 3 rings (SSSR count). The van der Waals surface area contributed by atoms with Crippen molar-refractivity contribution in [1.82, 2.24) is 25.1 Å². The summed E-state index contributed by atoms with van der Waals surface area (Å²) in [7, 11) is 0. The SMILES string of the molecule is Cc1ccnc(NC(c2nc(-c3ccncc3)no2)C(C)C)n1. The number of nitrogens with one attached hydrogen (secondary N) is 1. The molecule has 3 heterocycles. The Labute approximate surface area is 134 Å². The highest BCUT2D eigenvalue weighted by atomic mass is 16.5. The Hall–Kier alpha value is -2.83. The van der Waals surface area contributed by atoms with Gasteiger partial charge in [0.25, 0.3) is 0 Å². The van der Waals surface area contributed by atoms with Crippen LogP contribution in [0.3, 0.4) is 0 Å². The standard InChI is InChI=1S/C16H18N6O/c1-10(2)13(20-16-18-9-4-11(3)19-16)15-21-14(22-23-15)12-5-7-17-8-6-12/h4-10,13H,1-3H3,(H,18,19,20). The van der Waals surface area contributed by atoms with Gasteiger partial charge in [-0.2, -0.15) is 4.98 Å². The molecule has 7 heteroatoms. The normalized spacial score (nSPS) is 12.3. The molecule has 0 fully saturated rings. The molecule has 0 saturated carbocycles. The molecule has 23 heavy (non-hydrogen) atoms. The van der Waals surface area contributed by atoms with E-state index in [-0.39, 0.29) is 12.0 Å². The van der Waals surface area contributed by atoms with Crippen LogP contribution in [-0.2, 0) is 0 Å². The third-order valence-corrected chi connectivity index (χ3v) is 3.39. The average Bonchev–Trinajstić information content (AvgIpc) is 3.03. The Morgan fingerprint density at radius 2 is 1.83 bits per heavy atom. The molecule has 0 spiro atoms. The molecular weight excluding hydrogens is 292 g/mol. The summed E-state index contributed by atoms with van der Waals surface area (Å²) in [5, 5.41) is 7.32. The zero-order chi connectivity index (χ0) is 16.2. The van der Waals surface area contributed by atoms with Crippen LogP contribution in [0.25, 0.3) is 11.4 Å². The first-order valence-electron chi connectivity index (χ1n) is 7.43. The van der Waals surface area contributed by atoms with Gasteiger partial charge in [0.1, 0.15) is 6.04 Å². The van der Waals surface area contributed by atoms with Crippen LogP contribution in [-0.4, -0.2) is 25.1 Å². The van der Waals surface area contributed by atoms with Gasteiger partial charge in [-0.1, -0.05) is 19.0 Å². The van der Waals surface area contributed by atoms with Gasteiger partial charge in [-0.25, -0.2) is 9.97 Å². The van der Waals surface area contributed by atoms with E-state index in [1.54, 1.807) is 18.6 Å². The molecule has 0 saturated heterocycles. The third-order valence-electron chi connectivity index (χ3n) is 3.39. The molecule has 0 aliphatic carbocycles. The number of hydrogen-bond acceptors (Lipinski definition) is 7. The molecule has 1 unspecified atom stereocenters. The number of aryl methyl sites for hydroxylation is 1. The lowest BCUT2D eigenvalue weighted by molar-refractivity contribution is 0.335. The lowest BCUT2D eigenvalue weighted by Crippen LogP contribution is -2.19. The van der Waals surface area contributed by atoms with Crippen molar-refractivity contribution < 1.29 is 4.52 Å². The second kappa shape index (κ2) is 6.51. The van der Waals surface area contributed by atoms with Crippen molar-refractivity contribution in [2.45, 2.75) is 26.8 Å². The largest absolute Gasteiger partial charge is 0.342 e. The van der Waals surface area contributed by atoms with E-state index in [1.807, 2.05) is 25.1 Å². The molecule has 0 aromatic carbocycles. The van der Waals surface area contributed by atoms with E-state index in [9.17, 15) is 0 Å². The van der Waals surface area contributed by atoms with Crippen LogP contribution in [0.2, 0.25) is 0 Å². The number of nitrogens with zero attached hydrogens (tertiary/aromatic N) is 5. The van der Waals surface area contributed by atoms with Crippen LogP contribution >= 0.6 is 0 Å². The molecular formula is C16H18N6O. The summed E-state index contributed by atoms with van der Waals surface area (Å²) in [6, 6.07) is 5.37. The molecule has 0 amide bonds. The molecule has 0 radical (unpaired) electrons. The van der Waals surface area contributed by atoms with Crippen molar-refractivity contribution in [1.29, 1.82) is 0 Å². The van der Waals surface area contributed by atoms with Crippen LogP contribution < -0.4 is 5.32 Å². The van der Waals surface area contributed by atoms with Crippen LogP contribution in [0, 0.1) is 12.8 Å². The van der Waals surface area contributed by atoms with Crippen molar-refractivity contribution >= 4 is 5.95 Å². The maximum atomic E-state index is 5.45. The first-order chi connectivity index (χ1) is 11.1. The first-order valence-corrected chi connectivity index (χ1v) is 7.43. The van der Waals surface area contributed by atoms with E-state index in [0.717, 1.165) is 11.3 Å². The fourth-order valence-corrected chi connectivity index (χ4v) is 2.15. The maximum Gasteiger partial charge on any atom is 0.249 e. The summed E-state index contributed by atoms with van der Waals surface area (Å²) in [4.78, 5) is 17.1. The Morgan fingerprint density at radius 3 is 2.52 bits per heavy atom. The Kier molecular flexibility index (Phi) is 4.27. The van der Waals surface area contributed by atoms with Gasteiger partial charge in [0.2, 0.25) is 17.7 Å². The van der Waals surface area contributed by atoms with Gasteiger partial charge in [-0.05, 0) is 31.0 Å². The fourth-order valence-electron chi connectivity index (χ4n) is 2.15. The fraction of sp³-hybridized carbons (Fsp3) is 0.312. The summed E-state index contributed by atoms with van der Waals surface area (Å²) in [5.41, 5.74) is 1.76. The minimum absolute atomic E-state index is 0.167. The number of anilines is 1.